The Balaban J connectivity index is 2.04. The number of hydrogen-bond acceptors (Lipinski definition) is 1. The molecule has 0 N–H and O–H groups in total. The maximum atomic E-state index is 5.69. The van der Waals surface area contributed by atoms with Crippen LogP contribution in [0.25, 0.3) is 6.08 Å². The van der Waals surface area contributed by atoms with Crippen LogP contribution in [0.3, 0.4) is 0 Å². The van der Waals surface area contributed by atoms with Gasteiger partial charge in [-0.15, -0.1) is 0 Å². The minimum absolute atomic E-state index is 1.20. The second-order valence-corrected chi connectivity index (χ2v) is 12.5. The molecule has 1 nitrogen and oxygen atoms in total. The molecule has 0 saturated heterocycles. The highest BCUT2D eigenvalue weighted by Gasteiger charge is 2.20. The minimum atomic E-state index is -1.29. The quantitative estimate of drug-likeness (QED) is 0.306. The summed E-state index contributed by atoms with van der Waals surface area (Å²) in [6.07, 6.45) is 20.2. The summed E-state index contributed by atoms with van der Waals surface area (Å²) in [6.45, 7) is 9.24. The predicted octanol–water partition coefficient (Wildman–Crippen LogP) is 6.76. The SMILES string of the molecule is CCCCCCCCCCC/C=C\c1coc([Si](C)(C)C)c1. The third-order valence-electron chi connectivity index (χ3n) is 4.14. The zero-order chi connectivity index (χ0) is 16.3. The van der Waals surface area contributed by atoms with E-state index in [-0.39, 0.29) is 0 Å². The Morgan fingerprint density at radius 1 is 0.909 bits per heavy atom. The molecule has 0 aromatic carbocycles. The van der Waals surface area contributed by atoms with Gasteiger partial charge in [0.25, 0.3) is 0 Å². The van der Waals surface area contributed by atoms with Crippen LogP contribution in [-0.4, -0.2) is 8.07 Å². The number of allylic oxidation sites excluding steroid dienone is 1. The molecule has 0 fully saturated rings. The smallest absolute Gasteiger partial charge is 0.123 e. The van der Waals surface area contributed by atoms with Gasteiger partial charge in [-0.2, -0.15) is 0 Å². The van der Waals surface area contributed by atoms with Gasteiger partial charge in [-0.25, -0.2) is 0 Å². The molecule has 0 radical (unpaired) electrons. The first-order valence-corrected chi connectivity index (χ1v) is 12.8. The largest absolute Gasteiger partial charge is 0.474 e. The molecular weight excluding hydrogens is 284 g/mol. The van der Waals surface area contributed by atoms with Crippen LogP contribution in [0.1, 0.15) is 76.7 Å². The first-order valence-electron chi connectivity index (χ1n) is 9.29. The summed E-state index contributed by atoms with van der Waals surface area (Å²) in [5.41, 5.74) is 1.23. The van der Waals surface area contributed by atoms with Crippen molar-refractivity contribution in [1.82, 2.24) is 0 Å². The second kappa shape index (κ2) is 10.9. The fourth-order valence-electron chi connectivity index (χ4n) is 2.62. The van der Waals surface area contributed by atoms with E-state index < -0.39 is 8.07 Å². The third-order valence-corrected chi connectivity index (χ3v) is 5.88. The van der Waals surface area contributed by atoms with Crippen molar-refractivity contribution in [3.63, 3.8) is 0 Å². The molecule has 1 heterocycles. The zero-order valence-electron chi connectivity index (χ0n) is 15.3. The first kappa shape index (κ1) is 19.3. The average molecular weight is 321 g/mol. The lowest BCUT2D eigenvalue weighted by molar-refractivity contribution is 0.566. The van der Waals surface area contributed by atoms with E-state index in [1.807, 2.05) is 6.26 Å². The molecular formula is C20H36OSi. The molecule has 2 heteroatoms. The summed E-state index contributed by atoms with van der Waals surface area (Å²) < 4.78 is 5.69. The molecule has 1 aromatic heterocycles. The van der Waals surface area contributed by atoms with Crippen molar-refractivity contribution in [2.75, 3.05) is 0 Å². The fraction of sp³-hybridized carbons (Fsp3) is 0.700. The van der Waals surface area contributed by atoms with Crippen LogP contribution in [0.4, 0.5) is 0 Å². The Kier molecular flexibility index (Phi) is 9.54. The Labute approximate surface area is 139 Å². The van der Waals surface area contributed by atoms with E-state index in [1.54, 1.807) is 0 Å². The predicted molar refractivity (Wildman–Crippen MR) is 103 cm³/mol. The van der Waals surface area contributed by atoms with Crippen molar-refractivity contribution in [1.29, 1.82) is 0 Å². The molecule has 0 saturated carbocycles. The Bertz CT molecular complexity index is 412. The van der Waals surface area contributed by atoms with Gasteiger partial charge in [0.1, 0.15) is 8.07 Å². The zero-order valence-corrected chi connectivity index (χ0v) is 16.3. The van der Waals surface area contributed by atoms with Gasteiger partial charge in [0.2, 0.25) is 0 Å². The van der Waals surface area contributed by atoms with E-state index in [2.05, 4.69) is 44.8 Å². The van der Waals surface area contributed by atoms with Crippen molar-refractivity contribution in [3.05, 3.63) is 24.0 Å². The van der Waals surface area contributed by atoms with E-state index in [1.165, 1.54) is 75.2 Å². The molecule has 0 atom stereocenters. The molecule has 1 aromatic rings. The van der Waals surface area contributed by atoms with E-state index in [4.69, 9.17) is 4.42 Å². The average Bonchev–Trinajstić information content (AvgIpc) is 2.94. The van der Waals surface area contributed by atoms with E-state index in [9.17, 15) is 0 Å². The molecule has 126 valence electrons. The number of rotatable bonds is 12. The van der Waals surface area contributed by atoms with E-state index in [0.717, 1.165) is 0 Å². The number of furan rings is 1. The van der Waals surface area contributed by atoms with Gasteiger partial charge in [-0.1, -0.05) is 90.1 Å². The minimum Gasteiger partial charge on any atom is -0.474 e. The van der Waals surface area contributed by atoms with Crippen LogP contribution < -0.4 is 5.38 Å². The molecule has 22 heavy (non-hydrogen) atoms. The standard InChI is InChI=1S/C20H36OSi/c1-5-6-7-8-9-10-11-12-13-14-15-16-19-17-20(21-18-19)22(2,3)4/h15-18H,5-14H2,1-4H3/b16-15-. The topological polar surface area (TPSA) is 13.1 Å². The Morgan fingerprint density at radius 2 is 1.50 bits per heavy atom. The van der Waals surface area contributed by atoms with Crippen molar-refractivity contribution in [2.24, 2.45) is 0 Å². The molecule has 0 unspecified atom stereocenters. The van der Waals surface area contributed by atoms with Gasteiger partial charge in [0, 0.05) is 5.56 Å². The monoisotopic (exact) mass is 320 g/mol. The first-order chi connectivity index (χ1) is 10.5. The molecule has 0 aliphatic heterocycles. The van der Waals surface area contributed by atoms with Crippen molar-refractivity contribution in [3.8, 4) is 0 Å². The normalized spacial score (nSPS) is 12.4. The van der Waals surface area contributed by atoms with Crippen LogP contribution in [0, 0.1) is 0 Å². The fourth-order valence-corrected chi connectivity index (χ4v) is 3.64. The lowest BCUT2D eigenvalue weighted by Crippen LogP contribution is -2.36. The molecule has 0 amide bonds. The van der Waals surface area contributed by atoms with Crippen LogP contribution in [0.5, 0.6) is 0 Å². The molecule has 0 aliphatic rings. The summed E-state index contributed by atoms with van der Waals surface area (Å²) in [6, 6.07) is 2.22. The lowest BCUT2D eigenvalue weighted by atomic mass is 10.1. The number of hydrogen-bond donors (Lipinski definition) is 0. The maximum Gasteiger partial charge on any atom is 0.123 e. The molecule has 0 spiro atoms. The number of unbranched alkanes of at least 4 members (excludes halogenated alkanes) is 9. The van der Waals surface area contributed by atoms with Gasteiger partial charge in [-0.3, -0.25) is 0 Å². The van der Waals surface area contributed by atoms with Gasteiger partial charge >= 0.3 is 0 Å². The molecule has 0 bridgehead atoms. The highest BCUT2D eigenvalue weighted by molar-refractivity contribution is 6.87. The second-order valence-electron chi connectivity index (χ2n) is 7.51. The van der Waals surface area contributed by atoms with Crippen LogP contribution in [0.15, 0.2) is 22.8 Å². The Morgan fingerprint density at radius 3 is 2.05 bits per heavy atom. The third kappa shape index (κ3) is 8.62. The van der Waals surface area contributed by atoms with E-state index >= 15 is 0 Å². The summed E-state index contributed by atoms with van der Waals surface area (Å²) in [4.78, 5) is 0. The summed E-state index contributed by atoms with van der Waals surface area (Å²) in [5, 5.41) is 1.20. The maximum absolute atomic E-state index is 5.69. The van der Waals surface area contributed by atoms with Gasteiger partial charge < -0.3 is 4.42 Å². The summed E-state index contributed by atoms with van der Waals surface area (Å²) in [7, 11) is -1.29. The highest BCUT2D eigenvalue weighted by atomic mass is 28.3. The van der Waals surface area contributed by atoms with E-state index in [0.29, 0.717) is 0 Å². The van der Waals surface area contributed by atoms with Gasteiger partial charge in [0.15, 0.2) is 0 Å². The van der Waals surface area contributed by atoms with Crippen molar-refractivity contribution in [2.45, 2.75) is 90.8 Å². The van der Waals surface area contributed by atoms with Crippen LogP contribution in [0.2, 0.25) is 19.6 Å². The summed E-state index contributed by atoms with van der Waals surface area (Å²) in [5.74, 6) is 0. The van der Waals surface area contributed by atoms with Crippen molar-refractivity contribution >= 4 is 19.5 Å². The van der Waals surface area contributed by atoms with Crippen LogP contribution >= 0.6 is 0 Å². The highest BCUT2D eigenvalue weighted by Crippen LogP contribution is 2.12. The molecule has 1 rings (SSSR count). The molecule has 0 aliphatic carbocycles. The van der Waals surface area contributed by atoms with Gasteiger partial charge in [-0.05, 0) is 18.9 Å². The summed E-state index contributed by atoms with van der Waals surface area (Å²) >= 11 is 0. The van der Waals surface area contributed by atoms with Crippen molar-refractivity contribution < 1.29 is 4.42 Å². The Hall–Kier alpha value is -0.763. The van der Waals surface area contributed by atoms with Crippen LogP contribution in [-0.2, 0) is 0 Å². The van der Waals surface area contributed by atoms with Gasteiger partial charge in [0.05, 0.1) is 11.6 Å². The lowest BCUT2D eigenvalue weighted by Gasteiger charge is -2.10.